The van der Waals surface area contributed by atoms with Crippen LogP contribution in [0.3, 0.4) is 0 Å². The first-order valence-electron chi connectivity index (χ1n) is 4.43. The molecule has 0 aromatic rings. The van der Waals surface area contributed by atoms with Gasteiger partial charge >= 0.3 is 6.03 Å². The molecule has 4 heteroatoms. The lowest BCUT2D eigenvalue weighted by Gasteiger charge is -2.20. The Hall–Kier alpha value is -1.32. The zero-order valence-corrected chi connectivity index (χ0v) is 7.73. The number of nitrogens with two attached hydrogens (primary N) is 1. The van der Waals surface area contributed by atoms with Gasteiger partial charge in [-0.15, -0.1) is 0 Å². The minimum Gasteiger partial charge on any atom is -0.350 e. The Kier molecular flexibility index (Phi) is 3.49. The van der Waals surface area contributed by atoms with Crippen molar-refractivity contribution in [3.05, 3.63) is 12.2 Å². The number of hydrazone groups is 1. The molecule has 13 heavy (non-hydrogen) atoms. The van der Waals surface area contributed by atoms with E-state index in [9.17, 15) is 4.79 Å². The number of nitrogens with zero attached hydrogens (tertiary/aromatic N) is 1. The molecule has 3 N–H and O–H groups in total. The monoisotopic (exact) mass is 181 g/mol. The van der Waals surface area contributed by atoms with Crippen molar-refractivity contribution in [1.29, 1.82) is 0 Å². The fourth-order valence-corrected chi connectivity index (χ4v) is 1.38. The summed E-state index contributed by atoms with van der Waals surface area (Å²) in [6.45, 7) is 2.17. The van der Waals surface area contributed by atoms with Crippen molar-refractivity contribution < 1.29 is 4.79 Å². The maximum Gasteiger partial charge on any atom is 0.332 e. The van der Waals surface area contributed by atoms with Gasteiger partial charge in [0.15, 0.2) is 0 Å². The molecular weight excluding hydrogens is 166 g/mol. The van der Waals surface area contributed by atoms with Crippen LogP contribution in [0.25, 0.3) is 0 Å². The van der Waals surface area contributed by atoms with Crippen LogP contribution < -0.4 is 11.2 Å². The van der Waals surface area contributed by atoms with E-state index in [0.29, 0.717) is 11.8 Å². The van der Waals surface area contributed by atoms with E-state index < -0.39 is 6.03 Å². The molecule has 2 atom stereocenters. The maximum absolute atomic E-state index is 10.3. The molecule has 0 heterocycles. The average Bonchev–Trinajstić information content (AvgIpc) is 2.08. The molecule has 0 radical (unpaired) electrons. The van der Waals surface area contributed by atoms with Gasteiger partial charge in [-0.3, -0.25) is 0 Å². The van der Waals surface area contributed by atoms with Gasteiger partial charge in [0.05, 0.1) is 0 Å². The van der Waals surface area contributed by atoms with Crippen molar-refractivity contribution in [3.8, 4) is 0 Å². The second kappa shape index (κ2) is 4.64. The molecular formula is C9H15N3O. The number of primary amides is 1. The zero-order chi connectivity index (χ0) is 9.68. The number of allylic oxidation sites excluding steroid dienone is 2. The number of urea groups is 1. The van der Waals surface area contributed by atoms with Gasteiger partial charge in [0.25, 0.3) is 0 Å². The largest absolute Gasteiger partial charge is 0.350 e. The molecule has 0 aromatic carbocycles. The molecule has 0 spiro atoms. The fraction of sp³-hybridized carbons (Fsp3) is 0.556. The van der Waals surface area contributed by atoms with E-state index in [2.05, 4.69) is 29.6 Å². The van der Waals surface area contributed by atoms with Crippen molar-refractivity contribution in [3.63, 3.8) is 0 Å². The fourth-order valence-electron chi connectivity index (χ4n) is 1.38. The van der Waals surface area contributed by atoms with Crippen LogP contribution in [0.15, 0.2) is 17.3 Å². The lowest BCUT2D eigenvalue weighted by atomic mass is 9.85. The molecule has 1 aliphatic rings. The summed E-state index contributed by atoms with van der Waals surface area (Å²) in [4.78, 5) is 10.3. The van der Waals surface area contributed by atoms with E-state index in [1.807, 2.05) is 0 Å². The molecule has 2 amide bonds. The molecule has 4 nitrogen and oxygen atoms in total. The minimum absolute atomic E-state index is 0.414. The average molecular weight is 181 g/mol. The summed E-state index contributed by atoms with van der Waals surface area (Å²) < 4.78 is 0. The van der Waals surface area contributed by atoms with E-state index in [1.165, 1.54) is 0 Å². The molecule has 0 aliphatic heterocycles. The first-order chi connectivity index (χ1) is 6.20. The third-order valence-corrected chi connectivity index (χ3v) is 2.25. The molecule has 0 bridgehead atoms. The van der Waals surface area contributed by atoms with E-state index >= 15 is 0 Å². The summed E-state index contributed by atoms with van der Waals surface area (Å²) >= 11 is 0. The van der Waals surface area contributed by atoms with Crippen LogP contribution in [0.5, 0.6) is 0 Å². The minimum atomic E-state index is -0.616. The van der Waals surface area contributed by atoms with Gasteiger partial charge in [0.1, 0.15) is 0 Å². The predicted octanol–water partition coefficient (Wildman–Crippen LogP) is 1.24. The quantitative estimate of drug-likeness (QED) is 0.375. The number of hydrogen-bond donors (Lipinski definition) is 2. The molecule has 2 unspecified atom stereocenters. The van der Waals surface area contributed by atoms with Gasteiger partial charge in [-0.25, -0.2) is 10.2 Å². The van der Waals surface area contributed by atoms with Crippen molar-refractivity contribution in [2.24, 2.45) is 22.7 Å². The van der Waals surface area contributed by atoms with Crippen LogP contribution in [0.4, 0.5) is 4.79 Å². The molecule has 0 saturated carbocycles. The Labute approximate surface area is 77.9 Å². The highest BCUT2D eigenvalue weighted by Crippen LogP contribution is 2.22. The van der Waals surface area contributed by atoms with Gasteiger partial charge in [0, 0.05) is 12.1 Å². The Morgan fingerprint density at radius 2 is 2.31 bits per heavy atom. The molecule has 0 fully saturated rings. The van der Waals surface area contributed by atoms with Crippen molar-refractivity contribution in [1.82, 2.24) is 5.43 Å². The smallest absolute Gasteiger partial charge is 0.332 e. The number of nitrogens with one attached hydrogen (secondary N) is 1. The highest BCUT2D eigenvalue weighted by molar-refractivity contribution is 5.73. The zero-order valence-electron chi connectivity index (χ0n) is 7.73. The highest BCUT2D eigenvalue weighted by Gasteiger charge is 2.15. The summed E-state index contributed by atoms with van der Waals surface area (Å²) in [5.41, 5.74) is 7.06. The molecule has 0 saturated heterocycles. The van der Waals surface area contributed by atoms with Crippen molar-refractivity contribution in [2.45, 2.75) is 19.8 Å². The summed E-state index contributed by atoms with van der Waals surface area (Å²) in [5.74, 6) is 1.00. The first-order valence-corrected chi connectivity index (χ1v) is 4.43. The summed E-state index contributed by atoms with van der Waals surface area (Å²) in [6, 6.07) is -0.616. The third kappa shape index (κ3) is 3.27. The second-order valence-electron chi connectivity index (χ2n) is 3.34. The van der Waals surface area contributed by atoms with Crippen LogP contribution in [0.1, 0.15) is 19.8 Å². The van der Waals surface area contributed by atoms with Gasteiger partial charge in [-0.1, -0.05) is 19.1 Å². The van der Waals surface area contributed by atoms with Crippen molar-refractivity contribution >= 4 is 12.2 Å². The number of hydrogen-bond acceptors (Lipinski definition) is 2. The van der Waals surface area contributed by atoms with E-state index in [-0.39, 0.29) is 0 Å². The van der Waals surface area contributed by atoms with E-state index in [4.69, 9.17) is 5.73 Å². The van der Waals surface area contributed by atoms with Gasteiger partial charge in [0.2, 0.25) is 0 Å². The van der Waals surface area contributed by atoms with Gasteiger partial charge in [-0.05, 0) is 18.8 Å². The van der Waals surface area contributed by atoms with E-state index in [0.717, 1.165) is 12.8 Å². The topological polar surface area (TPSA) is 67.5 Å². The molecule has 72 valence electrons. The summed E-state index contributed by atoms with van der Waals surface area (Å²) in [6.07, 6.45) is 8.15. The first kappa shape index (κ1) is 9.77. The number of carbonyl (C=O) groups is 1. The maximum atomic E-state index is 10.3. The van der Waals surface area contributed by atoms with Crippen LogP contribution in [-0.4, -0.2) is 12.2 Å². The van der Waals surface area contributed by atoms with Crippen molar-refractivity contribution in [2.75, 3.05) is 0 Å². The Balaban J connectivity index is 2.39. The Morgan fingerprint density at radius 1 is 1.62 bits per heavy atom. The Morgan fingerprint density at radius 3 is 2.92 bits per heavy atom. The molecule has 0 aromatic heterocycles. The van der Waals surface area contributed by atoms with Gasteiger partial charge in [-0.2, -0.15) is 5.10 Å². The lowest BCUT2D eigenvalue weighted by Crippen LogP contribution is -2.25. The molecule has 1 aliphatic carbocycles. The van der Waals surface area contributed by atoms with E-state index in [1.54, 1.807) is 6.21 Å². The normalized spacial score (nSPS) is 27.8. The lowest BCUT2D eigenvalue weighted by molar-refractivity contribution is 0.249. The SMILES string of the molecule is CC1CC=CCC1C=NNC(N)=O. The Bertz CT molecular complexity index is 235. The number of rotatable bonds is 2. The summed E-state index contributed by atoms with van der Waals surface area (Å²) in [5, 5.41) is 3.76. The number of amides is 2. The summed E-state index contributed by atoms with van der Waals surface area (Å²) in [7, 11) is 0. The molecule has 1 rings (SSSR count). The van der Waals surface area contributed by atoms with Crippen LogP contribution in [0.2, 0.25) is 0 Å². The van der Waals surface area contributed by atoms with Gasteiger partial charge < -0.3 is 5.73 Å². The van der Waals surface area contributed by atoms with Crippen LogP contribution in [0, 0.1) is 11.8 Å². The predicted molar refractivity (Wildman–Crippen MR) is 52.2 cm³/mol. The number of carbonyl (C=O) groups excluding carboxylic acids is 1. The van der Waals surface area contributed by atoms with Crippen LogP contribution in [-0.2, 0) is 0 Å². The second-order valence-corrected chi connectivity index (χ2v) is 3.34. The third-order valence-electron chi connectivity index (χ3n) is 2.25. The highest BCUT2D eigenvalue weighted by atomic mass is 16.2. The van der Waals surface area contributed by atoms with Crippen LogP contribution >= 0.6 is 0 Å². The standard InChI is InChI=1S/C9H15N3O/c1-7-4-2-3-5-8(7)6-11-12-9(10)13/h2-3,6-8H,4-5H2,1H3,(H3,10,12,13).